The van der Waals surface area contributed by atoms with Gasteiger partial charge in [0.2, 0.25) is 0 Å². The minimum Gasteiger partial charge on any atom is -0.444 e. The Bertz CT molecular complexity index is 984. The van der Waals surface area contributed by atoms with Gasteiger partial charge in [-0.2, -0.15) is 0 Å². The number of carbonyl (C=O) groups is 1. The molecule has 1 fully saturated rings. The molecule has 2 aromatic heterocycles. The minimum atomic E-state index is -0.494. The van der Waals surface area contributed by atoms with Gasteiger partial charge in [-0.15, -0.1) is 0 Å². The van der Waals surface area contributed by atoms with Crippen LogP contribution in [0.3, 0.4) is 0 Å². The Morgan fingerprint density at radius 1 is 1.31 bits per heavy atom. The van der Waals surface area contributed by atoms with Gasteiger partial charge in [0.1, 0.15) is 5.60 Å². The van der Waals surface area contributed by atoms with Crippen LogP contribution in [0.15, 0.2) is 30.5 Å². The van der Waals surface area contributed by atoms with Crippen LogP contribution in [-0.2, 0) is 4.74 Å². The molecule has 4 rings (SSSR count). The highest BCUT2D eigenvalue weighted by Gasteiger charge is 2.34. The van der Waals surface area contributed by atoms with E-state index in [4.69, 9.17) is 4.74 Å². The van der Waals surface area contributed by atoms with Crippen molar-refractivity contribution in [3.63, 3.8) is 0 Å². The number of pyridine rings is 1. The van der Waals surface area contributed by atoms with Crippen molar-refractivity contribution >= 4 is 27.9 Å². The molecular weight excluding hydrogens is 326 g/mol. The molecule has 1 aromatic carbocycles. The van der Waals surface area contributed by atoms with Gasteiger partial charge in [0, 0.05) is 34.6 Å². The number of H-pyrrole nitrogens is 1. The van der Waals surface area contributed by atoms with Crippen LogP contribution in [0.25, 0.3) is 21.8 Å². The fourth-order valence-corrected chi connectivity index (χ4v) is 3.89. The molecule has 0 bridgehead atoms. The van der Waals surface area contributed by atoms with Gasteiger partial charge in [0.05, 0.1) is 17.3 Å². The van der Waals surface area contributed by atoms with Crippen molar-refractivity contribution in [2.75, 3.05) is 6.54 Å². The number of carbonyl (C=O) groups excluding carboxylic acids is 1. The number of amides is 1. The standard InChI is InChI=1S/C21H25N3O2/c1-13-19-18(14-8-5-6-9-16(14)23-19)15(12-22-13)17-10-7-11-24(17)20(25)26-21(2,3)4/h5-6,8-9,12,17,23H,7,10-11H2,1-4H3/t17-/m0/s1. The van der Waals surface area contributed by atoms with Crippen LogP contribution < -0.4 is 0 Å². The van der Waals surface area contributed by atoms with E-state index in [0.29, 0.717) is 0 Å². The molecular formula is C21H25N3O2. The highest BCUT2D eigenvalue weighted by molar-refractivity contribution is 6.09. The van der Waals surface area contributed by atoms with E-state index in [-0.39, 0.29) is 12.1 Å². The predicted molar refractivity (Wildman–Crippen MR) is 103 cm³/mol. The number of hydrogen-bond acceptors (Lipinski definition) is 3. The average Bonchev–Trinajstić information content (AvgIpc) is 3.19. The van der Waals surface area contributed by atoms with Crippen LogP contribution in [0.2, 0.25) is 0 Å². The lowest BCUT2D eigenvalue weighted by Crippen LogP contribution is -2.36. The monoisotopic (exact) mass is 351 g/mol. The third-order valence-electron chi connectivity index (χ3n) is 4.99. The Morgan fingerprint density at radius 3 is 2.85 bits per heavy atom. The average molecular weight is 351 g/mol. The van der Waals surface area contributed by atoms with Crippen molar-refractivity contribution in [1.82, 2.24) is 14.9 Å². The molecule has 0 radical (unpaired) electrons. The number of nitrogens with zero attached hydrogens (tertiary/aromatic N) is 2. The number of aryl methyl sites for hydroxylation is 1. The van der Waals surface area contributed by atoms with Gasteiger partial charge in [-0.25, -0.2) is 4.79 Å². The number of benzene rings is 1. The summed E-state index contributed by atoms with van der Waals surface area (Å²) in [5.41, 5.74) is 3.74. The van der Waals surface area contributed by atoms with E-state index in [1.165, 1.54) is 10.8 Å². The van der Waals surface area contributed by atoms with Crippen molar-refractivity contribution in [2.24, 2.45) is 0 Å². The Hall–Kier alpha value is -2.56. The summed E-state index contributed by atoms with van der Waals surface area (Å²) in [6, 6.07) is 8.29. The lowest BCUT2D eigenvalue weighted by molar-refractivity contribution is 0.0225. The number of nitrogens with one attached hydrogen (secondary N) is 1. The summed E-state index contributed by atoms with van der Waals surface area (Å²) >= 11 is 0. The van der Waals surface area contributed by atoms with Crippen molar-refractivity contribution in [1.29, 1.82) is 0 Å². The molecule has 1 saturated heterocycles. The number of aromatic amines is 1. The summed E-state index contributed by atoms with van der Waals surface area (Å²) in [7, 11) is 0. The number of para-hydroxylation sites is 1. The summed E-state index contributed by atoms with van der Waals surface area (Å²) in [5.74, 6) is 0. The molecule has 0 saturated carbocycles. The van der Waals surface area contributed by atoms with Crippen molar-refractivity contribution in [3.05, 3.63) is 41.7 Å². The van der Waals surface area contributed by atoms with E-state index >= 15 is 0 Å². The largest absolute Gasteiger partial charge is 0.444 e. The summed E-state index contributed by atoms with van der Waals surface area (Å²) in [4.78, 5) is 22.7. The molecule has 5 heteroatoms. The molecule has 5 nitrogen and oxygen atoms in total. The number of ether oxygens (including phenoxy) is 1. The van der Waals surface area contributed by atoms with E-state index in [1.807, 2.05) is 44.9 Å². The molecule has 3 heterocycles. The van der Waals surface area contributed by atoms with Gasteiger partial charge >= 0.3 is 6.09 Å². The maximum absolute atomic E-state index is 12.7. The van der Waals surface area contributed by atoms with Gasteiger partial charge in [-0.3, -0.25) is 4.98 Å². The maximum Gasteiger partial charge on any atom is 0.410 e. The first-order chi connectivity index (χ1) is 12.3. The third kappa shape index (κ3) is 2.81. The maximum atomic E-state index is 12.7. The third-order valence-corrected chi connectivity index (χ3v) is 4.99. The fourth-order valence-electron chi connectivity index (χ4n) is 3.89. The molecule has 1 N–H and O–H groups in total. The summed E-state index contributed by atoms with van der Waals surface area (Å²) in [6.07, 6.45) is 3.60. The molecule has 1 amide bonds. The SMILES string of the molecule is Cc1ncc([C@@H]2CCCN2C(=O)OC(C)(C)C)c2c1[nH]c1ccccc12. The van der Waals surface area contributed by atoms with E-state index in [9.17, 15) is 4.79 Å². The molecule has 26 heavy (non-hydrogen) atoms. The molecule has 0 aliphatic carbocycles. The highest BCUT2D eigenvalue weighted by Crippen LogP contribution is 2.39. The first-order valence-electron chi connectivity index (χ1n) is 9.21. The van der Waals surface area contributed by atoms with Gasteiger partial charge in [0.25, 0.3) is 0 Å². The van der Waals surface area contributed by atoms with E-state index in [0.717, 1.165) is 41.7 Å². The number of aromatic nitrogens is 2. The van der Waals surface area contributed by atoms with E-state index in [1.54, 1.807) is 0 Å². The van der Waals surface area contributed by atoms with Gasteiger partial charge in [0.15, 0.2) is 0 Å². The Labute approximate surface area is 153 Å². The summed E-state index contributed by atoms with van der Waals surface area (Å²) in [5, 5.41) is 2.35. The zero-order valence-electron chi connectivity index (χ0n) is 15.8. The molecule has 0 unspecified atom stereocenters. The summed E-state index contributed by atoms with van der Waals surface area (Å²) in [6.45, 7) is 8.45. The van der Waals surface area contributed by atoms with Crippen LogP contribution in [0.4, 0.5) is 4.79 Å². The van der Waals surface area contributed by atoms with Crippen LogP contribution >= 0.6 is 0 Å². The van der Waals surface area contributed by atoms with Gasteiger partial charge < -0.3 is 14.6 Å². The smallest absolute Gasteiger partial charge is 0.410 e. The number of fused-ring (bicyclic) bond motifs is 3. The highest BCUT2D eigenvalue weighted by atomic mass is 16.6. The van der Waals surface area contributed by atoms with Crippen molar-refractivity contribution in [2.45, 2.75) is 52.2 Å². The first kappa shape index (κ1) is 16.9. The van der Waals surface area contributed by atoms with Gasteiger partial charge in [-0.05, 0) is 46.6 Å². The second-order valence-corrected chi connectivity index (χ2v) is 8.05. The normalized spacial score (nSPS) is 18.0. The molecule has 1 aliphatic rings. The van der Waals surface area contributed by atoms with Crippen LogP contribution in [0.5, 0.6) is 0 Å². The lowest BCUT2D eigenvalue weighted by Gasteiger charge is -2.29. The molecule has 136 valence electrons. The van der Waals surface area contributed by atoms with Gasteiger partial charge in [-0.1, -0.05) is 18.2 Å². The molecule has 1 atom stereocenters. The first-order valence-corrected chi connectivity index (χ1v) is 9.21. The Balaban J connectivity index is 1.83. The molecule has 3 aromatic rings. The Morgan fingerprint density at radius 2 is 2.08 bits per heavy atom. The predicted octanol–water partition coefficient (Wildman–Crippen LogP) is 5.10. The van der Waals surface area contributed by atoms with E-state index < -0.39 is 5.60 Å². The number of rotatable bonds is 1. The second kappa shape index (κ2) is 6.01. The number of hydrogen-bond donors (Lipinski definition) is 1. The van der Waals surface area contributed by atoms with E-state index in [2.05, 4.69) is 28.2 Å². The summed E-state index contributed by atoms with van der Waals surface area (Å²) < 4.78 is 5.64. The fraction of sp³-hybridized carbons (Fsp3) is 0.429. The number of likely N-dealkylation sites (tertiary alicyclic amines) is 1. The zero-order valence-corrected chi connectivity index (χ0v) is 15.8. The minimum absolute atomic E-state index is 0.000318. The molecule has 0 spiro atoms. The topological polar surface area (TPSA) is 58.2 Å². The van der Waals surface area contributed by atoms with Crippen molar-refractivity contribution < 1.29 is 9.53 Å². The van der Waals surface area contributed by atoms with Crippen molar-refractivity contribution in [3.8, 4) is 0 Å². The molecule has 1 aliphatic heterocycles. The quantitative estimate of drug-likeness (QED) is 0.664. The second-order valence-electron chi connectivity index (χ2n) is 8.05. The Kier molecular flexibility index (Phi) is 3.90. The van der Waals surface area contributed by atoms with Crippen LogP contribution in [-0.4, -0.2) is 33.1 Å². The zero-order chi connectivity index (χ0) is 18.5. The van der Waals surface area contributed by atoms with Crippen LogP contribution in [0.1, 0.15) is 50.9 Å². The van der Waals surface area contributed by atoms with Crippen LogP contribution in [0, 0.1) is 6.92 Å². The lowest BCUT2D eigenvalue weighted by atomic mass is 9.99.